The summed E-state index contributed by atoms with van der Waals surface area (Å²) in [5, 5.41) is 18.5. The fourth-order valence-electron chi connectivity index (χ4n) is 2.32. The Hall–Kier alpha value is -2.33. The second-order valence-corrected chi connectivity index (χ2v) is 4.68. The topological polar surface area (TPSA) is 136 Å². The second kappa shape index (κ2) is 4.90. The van der Waals surface area contributed by atoms with Gasteiger partial charge in [0.25, 0.3) is 0 Å². The number of fused-ring (bicyclic) bond motifs is 1. The summed E-state index contributed by atoms with van der Waals surface area (Å²) in [6.07, 6.45) is -3.73. The fourth-order valence-corrected chi connectivity index (χ4v) is 2.32. The van der Waals surface area contributed by atoms with Crippen LogP contribution in [0.5, 0.6) is 0 Å². The number of aromatic nitrogens is 4. The van der Waals surface area contributed by atoms with Crippen molar-refractivity contribution in [2.75, 3.05) is 5.73 Å². The first-order valence-corrected chi connectivity index (χ1v) is 6.11. The summed E-state index contributed by atoms with van der Waals surface area (Å²) >= 11 is 0. The predicted octanol–water partition coefficient (Wildman–Crippen LogP) is -0.520. The van der Waals surface area contributed by atoms with E-state index < -0.39 is 37.0 Å². The van der Waals surface area contributed by atoms with Crippen LogP contribution in [0.25, 0.3) is 11.2 Å². The first-order valence-electron chi connectivity index (χ1n) is 6.11. The zero-order chi connectivity index (χ0) is 15.1. The number of aliphatic carboxylic acids is 1. The quantitative estimate of drug-likeness (QED) is 0.688. The van der Waals surface area contributed by atoms with E-state index in [1.54, 1.807) is 0 Å². The number of aliphatic hydroxyl groups is 1. The lowest BCUT2D eigenvalue weighted by Crippen LogP contribution is -2.29. The molecule has 3 heterocycles. The molecule has 112 valence electrons. The van der Waals surface area contributed by atoms with Gasteiger partial charge in [0.05, 0.1) is 18.9 Å². The average molecular weight is 297 g/mol. The molecule has 0 spiro atoms. The van der Waals surface area contributed by atoms with Gasteiger partial charge in [0.15, 0.2) is 23.9 Å². The molecule has 0 saturated carbocycles. The van der Waals surface area contributed by atoms with Crippen LogP contribution in [0, 0.1) is 0 Å². The molecule has 0 amide bonds. The first-order chi connectivity index (χ1) is 9.99. The molecule has 9 nitrogen and oxygen atoms in total. The summed E-state index contributed by atoms with van der Waals surface area (Å²) in [5.74, 6) is -1.05. The molecule has 4 N–H and O–H groups in total. The predicted molar refractivity (Wildman–Crippen MR) is 66.8 cm³/mol. The molecule has 1 saturated heterocycles. The van der Waals surface area contributed by atoms with E-state index in [1.165, 1.54) is 17.2 Å². The van der Waals surface area contributed by atoms with E-state index in [9.17, 15) is 14.3 Å². The van der Waals surface area contributed by atoms with Crippen molar-refractivity contribution in [3.63, 3.8) is 0 Å². The molecule has 10 heteroatoms. The molecule has 0 unspecified atom stereocenters. The van der Waals surface area contributed by atoms with Crippen LogP contribution in [0.15, 0.2) is 12.7 Å². The van der Waals surface area contributed by atoms with E-state index >= 15 is 0 Å². The number of rotatable bonds is 3. The summed E-state index contributed by atoms with van der Waals surface area (Å²) in [6, 6.07) is 0. The van der Waals surface area contributed by atoms with Crippen molar-refractivity contribution < 1.29 is 24.1 Å². The van der Waals surface area contributed by atoms with Crippen LogP contribution < -0.4 is 5.73 Å². The fraction of sp³-hybridized carbons (Fsp3) is 0.455. The minimum Gasteiger partial charge on any atom is -0.481 e. The van der Waals surface area contributed by atoms with Gasteiger partial charge in [-0.2, -0.15) is 0 Å². The maximum Gasteiger partial charge on any atom is 0.306 e. The van der Waals surface area contributed by atoms with Crippen molar-refractivity contribution in [1.29, 1.82) is 0 Å². The van der Waals surface area contributed by atoms with Crippen molar-refractivity contribution in [2.45, 2.75) is 31.0 Å². The molecule has 4 atom stereocenters. The zero-order valence-corrected chi connectivity index (χ0v) is 10.6. The lowest BCUT2D eigenvalue weighted by molar-refractivity contribution is -0.141. The van der Waals surface area contributed by atoms with Crippen molar-refractivity contribution in [1.82, 2.24) is 19.5 Å². The molecule has 3 rings (SSSR count). The SMILES string of the molecule is Nc1ncnc2c1ncn2[C@@H]1O[C@H](CC(=O)O)[C@@H](O)[C@@H]1F. The summed E-state index contributed by atoms with van der Waals surface area (Å²) < 4.78 is 20.8. The number of carboxylic acids is 1. The molecule has 0 aliphatic carbocycles. The number of hydrogen-bond donors (Lipinski definition) is 3. The highest BCUT2D eigenvalue weighted by molar-refractivity contribution is 5.81. The molecular weight excluding hydrogens is 285 g/mol. The Bertz CT molecular complexity index is 692. The van der Waals surface area contributed by atoms with Crippen molar-refractivity contribution >= 4 is 23.0 Å². The minimum absolute atomic E-state index is 0.134. The molecule has 0 bridgehead atoms. The van der Waals surface area contributed by atoms with Gasteiger partial charge in [-0.25, -0.2) is 19.3 Å². The summed E-state index contributed by atoms with van der Waals surface area (Å²) in [5.41, 5.74) is 6.17. The number of alkyl halides is 1. The molecule has 1 aliphatic rings. The Balaban J connectivity index is 1.96. The number of nitrogens with zero attached hydrogens (tertiary/aromatic N) is 4. The van der Waals surface area contributed by atoms with Gasteiger partial charge >= 0.3 is 5.97 Å². The highest BCUT2D eigenvalue weighted by Crippen LogP contribution is 2.35. The van der Waals surface area contributed by atoms with Crippen molar-refractivity contribution in [2.24, 2.45) is 0 Å². The lowest BCUT2D eigenvalue weighted by Gasteiger charge is -2.14. The Labute approximate surface area is 117 Å². The molecule has 0 aromatic carbocycles. The second-order valence-electron chi connectivity index (χ2n) is 4.68. The Kier molecular flexibility index (Phi) is 3.18. The van der Waals surface area contributed by atoms with E-state index in [-0.39, 0.29) is 17.0 Å². The van der Waals surface area contributed by atoms with Gasteiger partial charge in [-0.05, 0) is 0 Å². The van der Waals surface area contributed by atoms with E-state index in [0.29, 0.717) is 0 Å². The third-order valence-corrected chi connectivity index (χ3v) is 3.33. The standard InChI is InChI=1S/C11H12FN5O4/c12-6-8(20)4(1-5(18)19)21-11(6)17-3-16-7-9(13)14-2-15-10(7)17/h2-4,6,8,11,20H,1H2,(H,18,19)(H2,13,14,15)/t4-,6+,8-,11-/m1/s1. The van der Waals surface area contributed by atoms with Crippen molar-refractivity contribution in [3.8, 4) is 0 Å². The van der Waals surface area contributed by atoms with Crippen molar-refractivity contribution in [3.05, 3.63) is 12.7 Å². The molecular formula is C11H12FN5O4. The van der Waals surface area contributed by atoms with Gasteiger partial charge in [0, 0.05) is 0 Å². The minimum atomic E-state index is -1.80. The Morgan fingerprint density at radius 2 is 2.24 bits per heavy atom. The molecule has 1 fully saturated rings. The van der Waals surface area contributed by atoms with Crippen LogP contribution in [-0.2, 0) is 9.53 Å². The molecule has 0 radical (unpaired) electrons. The summed E-state index contributed by atoms with van der Waals surface area (Å²) in [6.45, 7) is 0. The number of imidazole rings is 1. The van der Waals surface area contributed by atoms with Gasteiger partial charge in [0.1, 0.15) is 17.9 Å². The lowest BCUT2D eigenvalue weighted by atomic mass is 10.1. The van der Waals surface area contributed by atoms with E-state index in [2.05, 4.69) is 15.0 Å². The van der Waals surface area contributed by atoms with Crippen LogP contribution in [0.2, 0.25) is 0 Å². The van der Waals surface area contributed by atoms with Crippen LogP contribution >= 0.6 is 0 Å². The van der Waals surface area contributed by atoms with Gasteiger partial charge < -0.3 is 20.7 Å². The van der Waals surface area contributed by atoms with Crippen LogP contribution in [0.3, 0.4) is 0 Å². The number of ether oxygens (including phenoxy) is 1. The number of anilines is 1. The van der Waals surface area contributed by atoms with E-state index in [4.69, 9.17) is 15.6 Å². The monoisotopic (exact) mass is 297 g/mol. The third-order valence-electron chi connectivity index (χ3n) is 3.33. The smallest absolute Gasteiger partial charge is 0.306 e. The summed E-state index contributed by atoms with van der Waals surface area (Å²) in [7, 11) is 0. The molecule has 21 heavy (non-hydrogen) atoms. The zero-order valence-electron chi connectivity index (χ0n) is 10.6. The van der Waals surface area contributed by atoms with Gasteiger partial charge in [-0.3, -0.25) is 9.36 Å². The number of carboxylic acid groups (broad SMARTS) is 1. The number of halogens is 1. The van der Waals surface area contributed by atoms with Gasteiger partial charge in [0.2, 0.25) is 0 Å². The molecule has 1 aliphatic heterocycles. The Morgan fingerprint density at radius 3 is 2.95 bits per heavy atom. The van der Waals surface area contributed by atoms with E-state index in [1.807, 2.05) is 0 Å². The first kappa shape index (κ1) is 13.6. The number of hydrogen-bond acceptors (Lipinski definition) is 7. The Morgan fingerprint density at radius 1 is 1.48 bits per heavy atom. The normalized spacial score (nSPS) is 29.0. The van der Waals surface area contributed by atoms with Crippen LogP contribution in [-0.4, -0.2) is 54.1 Å². The van der Waals surface area contributed by atoms with Gasteiger partial charge in [-0.15, -0.1) is 0 Å². The maximum absolute atomic E-state index is 14.2. The number of nitrogens with two attached hydrogens (primary N) is 1. The number of nitrogen functional groups attached to an aromatic ring is 1. The third kappa shape index (κ3) is 2.17. The molecule has 2 aromatic rings. The maximum atomic E-state index is 14.2. The number of aliphatic hydroxyl groups excluding tert-OH is 1. The average Bonchev–Trinajstić information content (AvgIpc) is 2.96. The summed E-state index contributed by atoms with van der Waals surface area (Å²) in [4.78, 5) is 22.4. The largest absolute Gasteiger partial charge is 0.481 e. The van der Waals surface area contributed by atoms with E-state index in [0.717, 1.165) is 0 Å². The number of carbonyl (C=O) groups is 1. The van der Waals surface area contributed by atoms with Gasteiger partial charge in [-0.1, -0.05) is 0 Å². The molecule has 2 aromatic heterocycles. The van der Waals surface area contributed by atoms with Crippen LogP contribution in [0.1, 0.15) is 12.6 Å². The van der Waals surface area contributed by atoms with Crippen LogP contribution in [0.4, 0.5) is 10.2 Å². The highest BCUT2D eigenvalue weighted by Gasteiger charge is 2.46. The highest BCUT2D eigenvalue weighted by atomic mass is 19.1.